The van der Waals surface area contributed by atoms with Crippen LogP contribution in [0.5, 0.6) is 0 Å². The molecule has 0 aromatic rings. The molecule has 0 radical (unpaired) electrons. The van der Waals surface area contributed by atoms with Crippen molar-refractivity contribution in [1.29, 1.82) is 0 Å². The Hall–Kier alpha value is -0.970. The number of nitrogens with zero attached hydrogens (tertiary/aromatic N) is 1. The van der Waals surface area contributed by atoms with Crippen molar-refractivity contribution >= 4 is 23.7 Å². The third-order valence-electron chi connectivity index (χ3n) is 0.977. The number of thiol groups is 1. The van der Waals surface area contributed by atoms with Gasteiger partial charge < -0.3 is 10.6 Å². The van der Waals surface area contributed by atoms with E-state index in [1.165, 1.54) is 6.20 Å². The highest BCUT2D eigenvalue weighted by molar-refractivity contribution is 7.96. The molecule has 0 saturated carbocycles. The van der Waals surface area contributed by atoms with Crippen LogP contribution in [0.15, 0.2) is 16.9 Å². The molecule has 2 amide bonds. The van der Waals surface area contributed by atoms with Gasteiger partial charge in [-0.3, -0.25) is 4.99 Å². The Balaban J connectivity index is 4.02. The van der Waals surface area contributed by atoms with Gasteiger partial charge in [-0.25, -0.2) is 4.79 Å². The molecule has 0 heterocycles. The number of nitrogens with one attached hydrogen (secondary N) is 2. The van der Waals surface area contributed by atoms with E-state index in [0.29, 0.717) is 10.7 Å². The molecule has 0 bridgehead atoms. The summed E-state index contributed by atoms with van der Waals surface area (Å²) in [7, 11) is 1.55. The van der Waals surface area contributed by atoms with Gasteiger partial charge in [-0.1, -0.05) is 0 Å². The van der Waals surface area contributed by atoms with Crippen molar-refractivity contribution in [2.75, 3.05) is 7.05 Å². The van der Waals surface area contributed by atoms with Crippen molar-refractivity contribution < 1.29 is 4.79 Å². The third-order valence-corrected chi connectivity index (χ3v) is 1.08. The highest BCUT2D eigenvalue weighted by Crippen LogP contribution is 1.95. The first-order valence-corrected chi connectivity index (χ1v) is 3.90. The Morgan fingerprint density at radius 3 is 2.50 bits per heavy atom. The molecule has 0 aromatic heterocycles. The van der Waals surface area contributed by atoms with Crippen LogP contribution in [-0.4, -0.2) is 18.1 Å². The van der Waals surface area contributed by atoms with Gasteiger partial charge in [0.2, 0.25) is 0 Å². The SMILES string of the molecule is CNC(=O)N/C=C(C)/N=C(/C)S. The van der Waals surface area contributed by atoms with Gasteiger partial charge in [0.1, 0.15) is 0 Å². The number of carbonyl (C=O) groups is 1. The molecular weight excluding hydrogens is 174 g/mol. The molecule has 68 valence electrons. The van der Waals surface area contributed by atoms with E-state index in [2.05, 4.69) is 28.3 Å². The summed E-state index contributed by atoms with van der Waals surface area (Å²) < 4.78 is 0. The maximum absolute atomic E-state index is 10.7. The second-order valence-corrected chi connectivity index (χ2v) is 2.82. The van der Waals surface area contributed by atoms with E-state index in [1.54, 1.807) is 20.9 Å². The number of amides is 2. The number of hydrogen-bond acceptors (Lipinski definition) is 2. The highest BCUT2D eigenvalue weighted by Gasteiger charge is 1.90. The second kappa shape index (κ2) is 5.65. The molecule has 0 saturated heterocycles. The Labute approximate surface area is 77.6 Å². The number of urea groups is 1. The molecule has 0 aliphatic heterocycles. The average molecular weight is 187 g/mol. The van der Waals surface area contributed by atoms with Crippen LogP contribution in [0.4, 0.5) is 4.79 Å². The highest BCUT2D eigenvalue weighted by atomic mass is 32.1. The number of allylic oxidation sites excluding steroid dienone is 1. The molecule has 2 N–H and O–H groups in total. The summed E-state index contributed by atoms with van der Waals surface area (Å²) in [6.45, 7) is 3.54. The second-order valence-electron chi connectivity index (χ2n) is 2.17. The fourth-order valence-corrected chi connectivity index (χ4v) is 0.687. The van der Waals surface area contributed by atoms with Crippen molar-refractivity contribution in [2.45, 2.75) is 13.8 Å². The zero-order chi connectivity index (χ0) is 9.56. The zero-order valence-corrected chi connectivity index (χ0v) is 8.27. The predicted octanol–water partition coefficient (Wildman–Crippen LogP) is 1.12. The lowest BCUT2D eigenvalue weighted by Gasteiger charge is -1.98. The Kier molecular flexibility index (Phi) is 5.19. The van der Waals surface area contributed by atoms with Gasteiger partial charge in [0.25, 0.3) is 0 Å². The minimum Gasteiger partial charge on any atom is -0.341 e. The Morgan fingerprint density at radius 2 is 2.08 bits per heavy atom. The molecule has 12 heavy (non-hydrogen) atoms. The summed E-state index contributed by atoms with van der Waals surface area (Å²) in [6, 6.07) is -0.263. The monoisotopic (exact) mass is 187 g/mol. The van der Waals surface area contributed by atoms with Crippen LogP contribution in [0.2, 0.25) is 0 Å². The summed E-state index contributed by atoms with van der Waals surface area (Å²) in [6.07, 6.45) is 1.51. The largest absolute Gasteiger partial charge is 0.341 e. The molecule has 0 aromatic carbocycles. The van der Waals surface area contributed by atoms with Gasteiger partial charge in [-0.2, -0.15) is 0 Å². The molecule has 0 atom stereocenters. The van der Waals surface area contributed by atoms with Crippen molar-refractivity contribution in [1.82, 2.24) is 10.6 Å². The molecular formula is C7H13N3OS. The van der Waals surface area contributed by atoms with E-state index in [1.807, 2.05) is 0 Å². The number of rotatable bonds is 2. The number of aliphatic imine (C=N–C) groups is 1. The lowest BCUT2D eigenvalue weighted by Crippen LogP contribution is -2.28. The standard InChI is InChI=1S/C7H13N3OS/c1-5(10-6(2)12)4-9-7(11)8-3/h4H,1-3H3,(H,10,12)(H2,8,9,11)/b5-4+. The molecule has 0 rings (SSSR count). The first-order valence-electron chi connectivity index (χ1n) is 3.45. The molecule has 5 heteroatoms. The molecule has 0 unspecified atom stereocenters. The van der Waals surface area contributed by atoms with Crippen LogP contribution in [0.3, 0.4) is 0 Å². The van der Waals surface area contributed by atoms with E-state index >= 15 is 0 Å². The molecule has 4 nitrogen and oxygen atoms in total. The summed E-state index contributed by atoms with van der Waals surface area (Å²) in [5, 5.41) is 5.55. The summed E-state index contributed by atoms with van der Waals surface area (Å²) >= 11 is 3.99. The zero-order valence-electron chi connectivity index (χ0n) is 7.38. The predicted molar refractivity (Wildman–Crippen MR) is 53.4 cm³/mol. The molecule has 0 aliphatic carbocycles. The van der Waals surface area contributed by atoms with Crippen LogP contribution in [0.1, 0.15) is 13.8 Å². The Morgan fingerprint density at radius 1 is 1.50 bits per heavy atom. The van der Waals surface area contributed by atoms with Crippen molar-refractivity contribution in [3.63, 3.8) is 0 Å². The first kappa shape index (κ1) is 11.0. The van der Waals surface area contributed by atoms with Crippen LogP contribution in [0.25, 0.3) is 0 Å². The quantitative estimate of drug-likeness (QED) is 0.339. The number of hydrogen-bond donors (Lipinski definition) is 3. The van der Waals surface area contributed by atoms with Crippen LogP contribution in [0, 0.1) is 0 Å². The minimum absolute atomic E-state index is 0.263. The maximum Gasteiger partial charge on any atom is 0.318 e. The lowest BCUT2D eigenvalue weighted by atomic mass is 10.5. The normalized spacial score (nSPS) is 12.7. The van der Waals surface area contributed by atoms with Crippen molar-refractivity contribution in [3.8, 4) is 0 Å². The van der Waals surface area contributed by atoms with E-state index in [4.69, 9.17) is 0 Å². The molecule has 0 spiro atoms. The van der Waals surface area contributed by atoms with Gasteiger partial charge >= 0.3 is 6.03 Å². The van der Waals surface area contributed by atoms with E-state index in [-0.39, 0.29) is 6.03 Å². The Bertz CT molecular complexity index is 219. The minimum atomic E-state index is -0.263. The van der Waals surface area contributed by atoms with Crippen LogP contribution < -0.4 is 10.6 Å². The maximum atomic E-state index is 10.7. The smallest absolute Gasteiger partial charge is 0.318 e. The fourth-order valence-electron chi connectivity index (χ4n) is 0.530. The average Bonchev–Trinajstić information content (AvgIpc) is 1.99. The number of carbonyl (C=O) groups excluding carboxylic acids is 1. The summed E-state index contributed by atoms with van der Waals surface area (Å²) in [4.78, 5) is 14.7. The summed E-state index contributed by atoms with van der Waals surface area (Å²) in [5.74, 6) is 0. The fraction of sp³-hybridized carbons (Fsp3) is 0.429. The lowest BCUT2D eigenvalue weighted by molar-refractivity contribution is 0.246. The van der Waals surface area contributed by atoms with Crippen molar-refractivity contribution in [3.05, 3.63) is 11.9 Å². The topological polar surface area (TPSA) is 53.5 Å². The first-order chi connectivity index (χ1) is 5.56. The van der Waals surface area contributed by atoms with Gasteiger partial charge in [0.15, 0.2) is 0 Å². The van der Waals surface area contributed by atoms with Crippen molar-refractivity contribution in [2.24, 2.45) is 4.99 Å². The molecule has 0 aliphatic rings. The molecule has 0 fully saturated rings. The van der Waals surface area contributed by atoms with E-state index in [9.17, 15) is 4.79 Å². The van der Waals surface area contributed by atoms with E-state index < -0.39 is 0 Å². The summed E-state index contributed by atoms with van der Waals surface area (Å²) in [5.41, 5.74) is 0.700. The van der Waals surface area contributed by atoms with Crippen LogP contribution >= 0.6 is 12.6 Å². The van der Waals surface area contributed by atoms with Gasteiger partial charge in [0.05, 0.1) is 10.7 Å². The van der Waals surface area contributed by atoms with Crippen LogP contribution in [-0.2, 0) is 0 Å². The van der Waals surface area contributed by atoms with Gasteiger partial charge in [-0.05, 0) is 13.8 Å². The third kappa shape index (κ3) is 5.79. The van der Waals surface area contributed by atoms with Gasteiger partial charge in [0, 0.05) is 13.2 Å². The van der Waals surface area contributed by atoms with Gasteiger partial charge in [-0.15, -0.1) is 12.6 Å². The van der Waals surface area contributed by atoms with E-state index in [0.717, 1.165) is 0 Å².